The quantitative estimate of drug-likeness (QED) is 0.788. The molecule has 1 aromatic rings. The largest absolute Gasteiger partial charge is 0.435 e. The van der Waals surface area contributed by atoms with Gasteiger partial charge in [-0.2, -0.15) is 18.3 Å². The maximum Gasteiger partial charge on any atom is 0.435 e. The summed E-state index contributed by atoms with van der Waals surface area (Å²) in [5.74, 6) is -0.179. The normalized spacial score (nSPS) is 12.9. The second-order valence-corrected chi connectivity index (χ2v) is 4.00. The van der Waals surface area contributed by atoms with E-state index in [2.05, 4.69) is 5.10 Å². The van der Waals surface area contributed by atoms with Gasteiger partial charge in [-0.25, -0.2) is 4.68 Å². The zero-order valence-electron chi connectivity index (χ0n) is 9.18. The third-order valence-corrected chi connectivity index (χ3v) is 2.17. The molecule has 7 heteroatoms. The molecular formula is C10H10ClF3N2O. The van der Waals surface area contributed by atoms with Crippen LogP contribution in [0.2, 0.25) is 5.15 Å². The van der Waals surface area contributed by atoms with Crippen molar-refractivity contribution in [3.8, 4) is 0 Å². The summed E-state index contributed by atoms with van der Waals surface area (Å²) in [6, 6.07) is 0.753. The molecule has 0 bridgehead atoms. The van der Waals surface area contributed by atoms with E-state index in [1.54, 1.807) is 6.92 Å². The van der Waals surface area contributed by atoms with Crippen LogP contribution in [0.1, 0.15) is 19.5 Å². The van der Waals surface area contributed by atoms with Crippen molar-refractivity contribution in [2.75, 3.05) is 0 Å². The van der Waals surface area contributed by atoms with Crippen LogP contribution in [0.4, 0.5) is 13.2 Å². The molecule has 1 rings (SSSR count). The van der Waals surface area contributed by atoms with E-state index in [4.69, 9.17) is 11.6 Å². The molecule has 0 saturated heterocycles. The number of carbonyl (C=O) groups is 1. The summed E-state index contributed by atoms with van der Waals surface area (Å²) in [4.78, 5) is 10.8. The molecule has 1 aromatic heterocycles. The number of aromatic nitrogens is 2. The number of hydrogen-bond acceptors (Lipinski definition) is 2. The Hall–Kier alpha value is -1.30. The van der Waals surface area contributed by atoms with Gasteiger partial charge in [0.15, 0.2) is 11.5 Å². The van der Waals surface area contributed by atoms with E-state index in [9.17, 15) is 18.0 Å². The van der Waals surface area contributed by atoms with Crippen molar-refractivity contribution < 1.29 is 18.0 Å². The zero-order chi connectivity index (χ0) is 13.2. The molecular weight excluding hydrogens is 257 g/mol. The molecule has 0 atom stereocenters. The topological polar surface area (TPSA) is 34.9 Å². The van der Waals surface area contributed by atoms with Gasteiger partial charge in [0.2, 0.25) is 0 Å². The predicted octanol–water partition coefficient (Wildman–Crippen LogP) is 3.09. The fourth-order valence-electron chi connectivity index (χ4n) is 1.27. The van der Waals surface area contributed by atoms with Crippen molar-refractivity contribution in [2.24, 2.45) is 0 Å². The molecule has 0 radical (unpaired) electrons. The summed E-state index contributed by atoms with van der Waals surface area (Å²) in [6.07, 6.45) is -3.20. The van der Waals surface area contributed by atoms with E-state index < -0.39 is 11.9 Å². The number of nitrogens with zero attached hydrogens (tertiary/aromatic N) is 2. The number of halogens is 4. The monoisotopic (exact) mass is 266 g/mol. The minimum atomic E-state index is -4.52. The van der Waals surface area contributed by atoms with E-state index in [1.807, 2.05) is 0 Å². The molecule has 0 spiro atoms. The van der Waals surface area contributed by atoms with Crippen molar-refractivity contribution in [2.45, 2.75) is 26.6 Å². The number of hydrogen-bond donors (Lipinski definition) is 0. The fraction of sp³-hybridized carbons (Fsp3) is 0.400. The van der Waals surface area contributed by atoms with Crippen molar-refractivity contribution in [1.82, 2.24) is 9.78 Å². The molecule has 17 heavy (non-hydrogen) atoms. The number of alkyl halides is 3. The Morgan fingerprint density at radius 2 is 2.12 bits per heavy atom. The summed E-state index contributed by atoms with van der Waals surface area (Å²) < 4.78 is 38.0. The first-order valence-electron chi connectivity index (χ1n) is 4.68. The minimum absolute atomic E-state index is 0.0501. The van der Waals surface area contributed by atoms with Crippen LogP contribution in [0.25, 0.3) is 0 Å². The van der Waals surface area contributed by atoms with Crippen LogP contribution < -0.4 is 0 Å². The first kappa shape index (κ1) is 13.8. The summed E-state index contributed by atoms with van der Waals surface area (Å²) in [6.45, 7) is 3.02. The van der Waals surface area contributed by atoms with Crippen molar-refractivity contribution >= 4 is 17.4 Å². The Kier molecular flexibility index (Phi) is 3.98. The fourth-order valence-corrected chi connectivity index (χ4v) is 1.47. The van der Waals surface area contributed by atoms with Gasteiger partial charge >= 0.3 is 6.18 Å². The lowest BCUT2D eigenvalue weighted by atomic mass is 10.2. The van der Waals surface area contributed by atoms with Crippen LogP contribution in [0.5, 0.6) is 0 Å². The summed E-state index contributed by atoms with van der Waals surface area (Å²) in [5, 5.41) is 3.22. The number of ketones is 1. The second kappa shape index (κ2) is 4.91. The van der Waals surface area contributed by atoms with Gasteiger partial charge < -0.3 is 0 Å². The third kappa shape index (κ3) is 3.89. The van der Waals surface area contributed by atoms with Gasteiger partial charge in [-0.15, -0.1) is 0 Å². The van der Waals surface area contributed by atoms with Crippen molar-refractivity contribution in [3.63, 3.8) is 0 Å². The number of carbonyl (C=O) groups excluding carboxylic acids is 1. The van der Waals surface area contributed by atoms with Gasteiger partial charge in [-0.05, 0) is 25.5 Å². The van der Waals surface area contributed by atoms with Gasteiger partial charge in [-0.3, -0.25) is 4.79 Å². The Labute approximate surface area is 101 Å². The van der Waals surface area contributed by atoms with Gasteiger partial charge in [0, 0.05) is 6.07 Å². The molecule has 1 heterocycles. The van der Waals surface area contributed by atoms with Crippen molar-refractivity contribution in [3.05, 3.63) is 28.6 Å². The molecule has 0 saturated carbocycles. The summed E-state index contributed by atoms with van der Waals surface area (Å²) in [5.41, 5.74) is -0.464. The molecule has 0 aromatic carbocycles. The average Bonchev–Trinajstić information content (AvgIpc) is 2.45. The first-order chi connectivity index (χ1) is 7.70. The van der Waals surface area contributed by atoms with Crippen LogP contribution in [0, 0.1) is 0 Å². The maximum absolute atomic E-state index is 12.3. The highest BCUT2D eigenvalue weighted by atomic mass is 35.5. The first-order valence-corrected chi connectivity index (χ1v) is 5.06. The van der Waals surface area contributed by atoms with E-state index >= 15 is 0 Å². The maximum atomic E-state index is 12.3. The van der Waals surface area contributed by atoms with Crippen LogP contribution in [-0.4, -0.2) is 15.6 Å². The second-order valence-electron chi connectivity index (χ2n) is 3.61. The van der Waals surface area contributed by atoms with E-state index in [-0.39, 0.29) is 17.5 Å². The molecule has 0 aliphatic carbocycles. The van der Waals surface area contributed by atoms with Crippen LogP contribution >= 0.6 is 11.6 Å². The Morgan fingerprint density at radius 1 is 1.53 bits per heavy atom. The SMILES string of the molecule is CC(=O)/C=C(\C)Cn1nc(C(F)(F)F)cc1Cl. The van der Waals surface area contributed by atoms with Gasteiger partial charge in [0.1, 0.15) is 5.15 Å². The van der Waals surface area contributed by atoms with E-state index in [0.717, 1.165) is 10.7 Å². The van der Waals surface area contributed by atoms with Gasteiger partial charge in [-0.1, -0.05) is 11.6 Å². The zero-order valence-corrected chi connectivity index (χ0v) is 9.93. The average molecular weight is 267 g/mol. The highest BCUT2D eigenvalue weighted by molar-refractivity contribution is 6.29. The Morgan fingerprint density at radius 3 is 2.53 bits per heavy atom. The summed E-state index contributed by atoms with van der Waals surface area (Å²) >= 11 is 5.62. The van der Waals surface area contributed by atoms with Gasteiger partial charge in [0.05, 0.1) is 6.54 Å². The lowest BCUT2D eigenvalue weighted by molar-refractivity contribution is -0.141. The number of rotatable bonds is 3. The molecule has 0 fully saturated rings. The minimum Gasteiger partial charge on any atom is -0.295 e. The molecule has 0 unspecified atom stereocenters. The van der Waals surface area contributed by atoms with E-state index in [0.29, 0.717) is 5.57 Å². The summed E-state index contributed by atoms with van der Waals surface area (Å²) in [7, 11) is 0. The molecule has 0 amide bonds. The lowest BCUT2D eigenvalue weighted by Gasteiger charge is -2.03. The molecule has 0 aliphatic rings. The van der Waals surface area contributed by atoms with E-state index in [1.165, 1.54) is 13.0 Å². The van der Waals surface area contributed by atoms with Gasteiger partial charge in [0.25, 0.3) is 0 Å². The third-order valence-electron chi connectivity index (χ3n) is 1.87. The smallest absolute Gasteiger partial charge is 0.295 e. The Bertz CT molecular complexity index is 463. The predicted molar refractivity (Wildman–Crippen MR) is 56.7 cm³/mol. The standard InChI is InChI=1S/C10H10ClF3N2O/c1-6(3-7(2)17)5-16-9(11)4-8(15-16)10(12,13)14/h3-4H,5H2,1-2H3/b6-3+. The highest BCUT2D eigenvalue weighted by Crippen LogP contribution is 2.30. The van der Waals surface area contributed by atoms with Crippen LogP contribution in [-0.2, 0) is 17.5 Å². The Balaban J connectivity index is 2.94. The number of allylic oxidation sites excluding steroid dienone is 2. The van der Waals surface area contributed by atoms with Crippen molar-refractivity contribution in [1.29, 1.82) is 0 Å². The van der Waals surface area contributed by atoms with Crippen LogP contribution in [0.15, 0.2) is 17.7 Å². The molecule has 3 nitrogen and oxygen atoms in total. The van der Waals surface area contributed by atoms with Crippen LogP contribution in [0.3, 0.4) is 0 Å². The molecule has 0 aliphatic heterocycles. The molecule has 0 N–H and O–H groups in total. The molecule has 94 valence electrons. The highest BCUT2D eigenvalue weighted by Gasteiger charge is 2.34. The lowest BCUT2D eigenvalue weighted by Crippen LogP contribution is -2.09.